The van der Waals surface area contributed by atoms with Crippen LogP contribution in [0.5, 0.6) is 0 Å². The smallest absolute Gasteiger partial charge is 0.408 e. The highest BCUT2D eigenvalue weighted by atomic mass is 16.6. The number of carboxylic acids is 1. The molecule has 0 aromatic heterocycles. The Kier molecular flexibility index (Phi) is 5.48. The largest absolute Gasteiger partial charge is 0.480 e. The van der Waals surface area contributed by atoms with E-state index >= 15 is 0 Å². The van der Waals surface area contributed by atoms with Crippen molar-refractivity contribution in [3.8, 4) is 0 Å². The minimum atomic E-state index is -1.21. The molecule has 0 radical (unpaired) electrons. The van der Waals surface area contributed by atoms with Crippen LogP contribution in [-0.4, -0.2) is 42.0 Å². The van der Waals surface area contributed by atoms with Gasteiger partial charge in [-0.25, -0.2) is 9.59 Å². The van der Waals surface area contributed by atoms with Crippen molar-refractivity contribution in [2.24, 2.45) is 0 Å². The van der Waals surface area contributed by atoms with E-state index in [0.29, 0.717) is 0 Å². The predicted octanol–water partition coefficient (Wildman–Crippen LogP) is 1.17. The summed E-state index contributed by atoms with van der Waals surface area (Å²) < 4.78 is 16.6. The van der Waals surface area contributed by atoms with Gasteiger partial charge in [0.05, 0.1) is 14.6 Å². The maximum absolute atomic E-state index is 11.4. The summed E-state index contributed by atoms with van der Waals surface area (Å²) in [5, 5.41) is 11.1. The average molecular weight is 246 g/mol. The van der Waals surface area contributed by atoms with Gasteiger partial charge in [-0.15, -0.1) is 6.55 Å². The summed E-state index contributed by atoms with van der Waals surface area (Å²) in [5.41, 5.74) is -0.693. The number of ether oxygens (including phenoxy) is 2. The second kappa shape index (κ2) is 6.90. The molecule has 17 heavy (non-hydrogen) atoms. The van der Waals surface area contributed by atoms with Gasteiger partial charge in [-0.1, -0.05) is 6.08 Å². The average Bonchev–Trinajstić information content (AvgIpc) is 2.19. The third-order valence-corrected chi connectivity index (χ3v) is 1.49. The van der Waals surface area contributed by atoms with Gasteiger partial charge in [0.15, 0.2) is 6.04 Å². The molecule has 0 saturated heterocycles. The van der Waals surface area contributed by atoms with Crippen molar-refractivity contribution in [1.29, 1.82) is 0 Å². The van der Waals surface area contributed by atoms with E-state index in [2.05, 4.69) is 5.32 Å². The van der Waals surface area contributed by atoms with Crippen molar-refractivity contribution in [2.75, 3.05) is 13.2 Å². The highest BCUT2D eigenvalue weighted by Crippen LogP contribution is 2.06. The van der Waals surface area contributed by atoms with Crippen LogP contribution in [-0.2, 0) is 14.3 Å². The molecule has 0 aliphatic carbocycles. The van der Waals surface area contributed by atoms with E-state index in [4.69, 9.17) is 16.0 Å². The number of rotatable bonds is 6. The number of carbonyl (C=O) groups is 2. The molecule has 0 aromatic rings. The molecular weight excluding hydrogens is 226 g/mol. The first-order chi connectivity index (χ1) is 8.26. The predicted molar refractivity (Wildman–Crippen MR) is 61.8 cm³/mol. The first-order valence-corrected chi connectivity index (χ1v) is 5.09. The lowest BCUT2D eigenvalue weighted by molar-refractivity contribution is -0.141. The molecule has 1 atom stereocenters. The Hall–Kier alpha value is -1.56. The molecule has 0 bridgehead atoms. The number of nitrogens with one attached hydrogen (secondary N) is 1. The quantitative estimate of drug-likeness (QED) is 0.542. The van der Waals surface area contributed by atoms with E-state index in [1.165, 1.54) is 6.08 Å². The van der Waals surface area contributed by atoms with Gasteiger partial charge < -0.3 is 19.9 Å². The highest BCUT2D eigenvalue weighted by molar-refractivity contribution is 5.80. The molecule has 6 heteroatoms. The van der Waals surface area contributed by atoms with Crippen molar-refractivity contribution in [2.45, 2.75) is 32.4 Å². The van der Waals surface area contributed by atoms with Gasteiger partial charge >= 0.3 is 12.1 Å². The van der Waals surface area contributed by atoms with Gasteiger partial charge in [-0.3, -0.25) is 0 Å². The lowest BCUT2D eigenvalue weighted by atomic mass is 10.2. The van der Waals surface area contributed by atoms with Gasteiger partial charge in [0, 0.05) is 0 Å². The minimum Gasteiger partial charge on any atom is -0.480 e. The Balaban J connectivity index is 4.19. The second-order valence-corrected chi connectivity index (χ2v) is 4.31. The maximum Gasteiger partial charge on any atom is 0.408 e. The van der Waals surface area contributed by atoms with E-state index in [-0.39, 0.29) is 13.2 Å². The summed E-state index contributed by atoms with van der Waals surface area (Å²) in [6.45, 7) is 5.99. The number of aliphatic carboxylic acids is 1. The third-order valence-electron chi connectivity index (χ3n) is 1.49. The van der Waals surface area contributed by atoms with Crippen molar-refractivity contribution in [3.05, 3.63) is 12.6 Å². The summed E-state index contributed by atoms with van der Waals surface area (Å²) in [5.74, 6) is -1.21. The summed E-state index contributed by atoms with van der Waals surface area (Å²) in [6.07, 6.45) is 0.598. The molecule has 0 spiro atoms. The van der Waals surface area contributed by atoms with Gasteiger partial charge in [-0.05, 0) is 20.8 Å². The maximum atomic E-state index is 11.4. The van der Waals surface area contributed by atoms with Crippen LogP contribution in [0.2, 0.25) is 0 Å². The van der Waals surface area contributed by atoms with E-state index in [1.54, 1.807) is 20.8 Å². The van der Waals surface area contributed by atoms with Gasteiger partial charge in [0.25, 0.3) is 0 Å². The molecule has 0 aromatic carbocycles. The first-order valence-electron chi connectivity index (χ1n) is 5.67. The summed E-state index contributed by atoms with van der Waals surface area (Å²) in [4.78, 5) is 22.2. The van der Waals surface area contributed by atoms with Gasteiger partial charge in [0.1, 0.15) is 5.60 Å². The van der Waals surface area contributed by atoms with Crippen LogP contribution in [0.15, 0.2) is 12.6 Å². The van der Waals surface area contributed by atoms with Crippen LogP contribution in [0.3, 0.4) is 0 Å². The lowest BCUT2D eigenvalue weighted by Gasteiger charge is -2.21. The Morgan fingerprint density at radius 3 is 2.71 bits per heavy atom. The summed E-state index contributed by atoms with van der Waals surface area (Å²) in [7, 11) is 0. The first kappa shape index (κ1) is 13.5. The lowest BCUT2D eigenvalue weighted by Crippen LogP contribution is -2.46. The molecule has 0 heterocycles. The standard InChI is InChI=1S/C11H19NO5/c1-5-6-16-7-8(9(13)14)12-10(15)17-11(2,3)4/h5,8H,1,6-7H2,2-4H3,(H,12,15)(H,13,14)/t8-/m0/s1/i1D. The Morgan fingerprint density at radius 1 is 1.59 bits per heavy atom. The number of hydrogen-bond donors (Lipinski definition) is 2. The number of carbonyl (C=O) groups excluding carboxylic acids is 1. The number of carboxylic acid groups (broad SMARTS) is 1. The Morgan fingerprint density at radius 2 is 2.24 bits per heavy atom. The zero-order chi connectivity index (χ0) is 14.2. The molecule has 0 aliphatic heterocycles. The van der Waals surface area contributed by atoms with Crippen molar-refractivity contribution >= 4 is 12.1 Å². The molecule has 2 N–H and O–H groups in total. The van der Waals surface area contributed by atoms with Crippen molar-refractivity contribution in [3.63, 3.8) is 0 Å². The number of hydrogen-bond acceptors (Lipinski definition) is 4. The third kappa shape index (κ3) is 8.27. The fourth-order valence-corrected chi connectivity index (χ4v) is 0.878. The van der Waals surface area contributed by atoms with Gasteiger partial charge in [0.2, 0.25) is 0 Å². The molecular formula is C11H19NO5. The minimum absolute atomic E-state index is 0.114. The second-order valence-electron chi connectivity index (χ2n) is 4.31. The van der Waals surface area contributed by atoms with Crippen LogP contribution in [0, 0.1) is 0 Å². The van der Waals surface area contributed by atoms with Crippen molar-refractivity contribution in [1.82, 2.24) is 5.32 Å². The molecule has 0 aliphatic rings. The fourth-order valence-electron chi connectivity index (χ4n) is 0.878. The Bertz CT molecular complexity index is 311. The molecule has 6 nitrogen and oxygen atoms in total. The van der Waals surface area contributed by atoms with Gasteiger partial charge in [-0.2, -0.15) is 0 Å². The SMILES string of the molecule is [2H]C=CCOC[C@H](NC(=O)OC(C)(C)C)C(=O)O. The number of amides is 1. The Labute approximate surface area is 102 Å². The molecule has 0 saturated carbocycles. The summed E-state index contributed by atoms with van der Waals surface area (Å²) in [6, 6.07) is -1.18. The number of alkyl carbamates (subject to hydrolysis) is 1. The van der Waals surface area contributed by atoms with E-state index < -0.39 is 23.7 Å². The van der Waals surface area contributed by atoms with Crippen LogP contribution in [0.1, 0.15) is 22.1 Å². The van der Waals surface area contributed by atoms with Crippen LogP contribution in [0.4, 0.5) is 4.79 Å². The van der Waals surface area contributed by atoms with E-state index in [1.807, 2.05) is 0 Å². The zero-order valence-corrected chi connectivity index (χ0v) is 10.2. The fraction of sp³-hybridized carbons (Fsp3) is 0.636. The van der Waals surface area contributed by atoms with Crippen LogP contribution < -0.4 is 5.32 Å². The zero-order valence-electron chi connectivity index (χ0n) is 11.2. The van der Waals surface area contributed by atoms with E-state index in [9.17, 15) is 9.59 Å². The molecule has 1 amide bonds. The molecule has 0 rings (SSSR count). The monoisotopic (exact) mass is 246 g/mol. The molecule has 0 unspecified atom stereocenters. The van der Waals surface area contributed by atoms with Crippen LogP contribution in [0.25, 0.3) is 0 Å². The summed E-state index contributed by atoms with van der Waals surface area (Å²) >= 11 is 0. The van der Waals surface area contributed by atoms with Crippen molar-refractivity contribution < 1.29 is 25.5 Å². The molecule has 98 valence electrons. The van der Waals surface area contributed by atoms with E-state index in [0.717, 1.165) is 6.55 Å². The normalized spacial score (nSPS) is 14.2. The highest BCUT2D eigenvalue weighted by Gasteiger charge is 2.23. The molecule has 0 fully saturated rings. The topological polar surface area (TPSA) is 84.9 Å². The van der Waals surface area contributed by atoms with Crippen LogP contribution >= 0.6 is 0 Å².